The van der Waals surface area contributed by atoms with E-state index in [1.165, 1.54) is 6.07 Å². The molecule has 1 heterocycles. The highest BCUT2D eigenvalue weighted by Gasteiger charge is 2.23. The summed E-state index contributed by atoms with van der Waals surface area (Å²) in [6, 6.07) is 3.28. The molecule has 1 aromatic heterocycles. The Morgan fingerprint density at radius 2 is 2.00 bits per heavy atom. The molecule has 7 heteroatoms. The Labute approximate surface area is 141 Å². The second-order valence-corrected chi connectivity index (χ2v) is 6.66. The Morgan fingerprint density at radius 1 is 1.29 bits per heavy atom. The fourth-order valence-corrected chi connectivity index (χ4v) is 3.00. The first-order valence-corrected chi connectivity index (χ1v) is 8.34. The van der Waals surface area contributed by atoms with Gasteiger partial charge in [-0.05, 0) is 51.8 Å². The quantitative estimate of drug-likeness (QED) is 0.698. The molecule has 0 bridgehead atoms. The molecule has 0 saturated heterocycles. The number of hydrogen-bond acceptors (Lipinski definition) is 4. The predicted molar refractivity (Wildman–Crippen MR) is 91.7 cm³/mol. The summed E-state index contributed by atoms with van der Waals surface area (Å²) in [5.41, 5.74) is 1.77. The van der Waals surface area contributed by atoms with Crippen LogP contribution in [0.1, 0.15) is 44.0 Å². The number of aryl methyl sites for hydroxylation is 1. The summed E-state index contributed by atoms with van der Waals surface area (Å²) in [7, 11) is 1.74. The fourth-order valence-electron chi connectivity index (χ4n) is 3.00. The molecule has 1 aliphatic carbocycles. The molecule has 3 N–H and O–H groups in total. The maximum atomic E-state index is 12.2. The van der Waals surface area contributed by atoms with Crippen molar-refractivity contribution in [1.29, 1.82) is 0 Å². The van der Waals surface area contributed by atoms with Crippen molar-refractivity contribution in [3.63, 3.8) is 0 Å². The number of rotatable bonds is 6. The number of nitrogens with zero attached hydrogens (tertiary/aromatic N) is 1. The lowest BCUT2D eigenvalue weighted by Gasteiger charge is -2.26. The van der Waals surface area contributed by atoms with Crippen molar-refractivity contribution in [2.45, 2.75) is 45.2 Å². The van der Waals surface area contributed by atoms with E-state index in [1.54, 1.807) is 18.0 Å². The molecule has 2 rings (SSSR count). The van der Waals surface area contributed by atoms with E-state index < -0.39 is 0 Å². The van der Waals surface area contributed by atoms with Crippen molar-refractivity contribution >= 4 is 11.8 Å². The van der Waals surface area contributed by atoms with E-state index in [-0.39, 0.29) is 42.5 Å². The Kier molecular flexibility index (Phi) is 6.14. The lowest BCUT2D eigenvalue weighted by atomic mass is 9.91. The average molecular weight is 334 g/mol. The van der Waals surface area contributed by atoms with Crippen LogP contribution < -0.4 is 16.2 Å². The molecule has 1 atom stereocenters. The average Bonchev–Trinajstić information content (AvgIpc) is 2.45. The summed E-state index contributed by atoms with van der Waals surface area (Å²) in [5, 5.41) is 5.81. The van der Waals surface area contributed by atoms with Gasteiger partial charge in [-0.15, -0.1) is 0 Å². The third-order valence-corrected chi connectivity index (χ3v) is 3.94. The van der Waals surface area contributed by atoms with Crippen molar-refractivity contribution < 1.29 is 9.59 Å². The minimum Gasteiger partial charge on any atom is -0.353 e. The third kappa shape index (κ3) is 5.19. The highest BCUT2D eigenvalue weighted by Crippen LogP contribution is 2.27. The van der Waals surface area contributed by atoms with Gasteiger partial charge in [0.2, 0.25) is 17.4 Å². The van der Waals surface area contributed by atoms with E-state index in [0.717, 1.165) is 30.5 Å². The molecule has 132 valence electrons. The molecule has 24 heavy (non-hydrogen) atoms. The van der Waals surface area contributed by atoms with Gasteiger partial charge in [0.15, 0.2) is 0 Å². The second-order valence-electron chi connectivity index (χ2n) is 6.66. The molecule has 0 unspecified atom stereocenters. The molecule has 7 nitrogen and oxygen atoms in total. The number of pyridine rings is 1. The van der Waals surface area contributed by atoms with E-state index in [2.05, 4.69) is 15.6 Å². The van der Waals surface area contributed by atoms with Gasteiger partial charge in [0.1, 0.15) is 0 Å². The fraction of sp³-hybridized carbons (Fsp3) is 0.588. The first kappa shape index (κ1) is 18.2. The van der Waals surface area contributed by atoms with Crippen molar-refractivity contribution in [2.75, 3.05) is 20.1 Å². The number of nitrogens with one attached hydrogen (secondary N) is 3. The van der Waals surface area contributed by atoms with Gasteiger partial charge in [-0.3, -0.25) is 19.3 Å². The Balaban J connectivity index is 1.89. The van der Waals surface area contributed by atoms with Crippen LogP contribution in [-0.2, 0) is 16.0 Å². The number of hydrogen-bond donors (Lipinski definition) is 3. The largest absolute Gasteiger partial charge is 0.353 e. The van der Waals surface area contributed by atoms with Crippen molar-refractivity contribution in [3.8, 4) is 0 Å². The number of amides is 2. The number of aromatic nitrogens is 1. The first-order valence-electron chi connectivity index (χ1n) is 8.34. The van der Waals surface area contributed by atoms with E-state index in [1.807, 2.05) is 13.8 Å². The van der Waals surface area contributed by atoms with Crippen molar-refractivity contribution in [2.24, 2.45) is 0 Å². The zero-order valence-corrected chi connectivity index (χ0v) is 14.5. The molecular weight excluding hydrogens is 308 g/mol. The molecule has 0 aliphatic heterocycles. The minimum atomic E-state index is -0.126. The van der Waals surface area contributed by atoms with Gasteiger partial charge >= 0.3 is 0 Å². The van der Waals surface area contributed by atoms with Crippen LogP contribution in [0.25, 0.3) is 0 Å². The minimum absolute atomic E-state index is 0.0839. The van der Waals surface area contributed by atoms with E-state index in [4.69, 9.17) is 0 Å². The van der Waals surface area contributed by atoms with Gasteiger partial charge < -0.3 is 15.6 Å². The zero-order chi connectivity index (χ0) is 17.7. The summed E-state index contributed by atoms with van der Waals surface area (Å²) in [5.74, 6) is -0.222. The number of carbonyl (C=O) groups is 2. The molecule has 0 radical (unpaired) electrons. The topological polar surface area (TPSA) is 94.3 Å². The van der Waals surface area contributed by atoms with Gasteiger partial charge in [0.05, 0.1) is 19.1 Å². The van der Waals surface area contributed by atoms with Gasteiger partial charge in [0, 0.05) is 17.8 Å². The van der Waals surface area contributed by atoms with Crippen LogP contribution in [0.15, 0.2) is 16.9 Å². The van der Waals surface area contributed by atoms with Crippen LogP contribution in [0, 0.1) is 0 Å². The van der Waals surface area contributed by atoms with Crippen molar-refractivity contribution in [3.05, 3.63) is 33.7 Å². The molecule has 1 aromatic rings. The third-order valence-electron chi connectivity index (χ3n) is 3.94. The number of H-pyrrole nitrogens is 1. The molecule has 0 saturated carbocycles. The molecule has 0 fully saturated rings. The van der Waals surface area contributed by atoms with Crippen LogP contribution >= 0.6 is 0 Å². The van der Waals surface area contributed by atoms with E-state index >= 15 is 0 Å². The van der Waals surface area contributed by atoms with Crippen LogP contribution in [0.3, 0.4) is 0 Å². The summed E-state index contributed by atoms with van der Waals surface area (Å²) in [4.78, 5) is 39.9. The number of likely N-dealkylation sites (N-methyl/N-ethyl adjacent to an activating group) is 1. The van der Waals surface area contributed by atoms with Crippen LogP contribution in [-0.4, -0.2) is 47.9 Å². The molecular formula is C17H26N4O3. The Hall–Kier alpha value is -2.15. The van der Waals surface area contributed by atoms with Gasteiger partial charge in [-0.2, -0.15) is 0 Å². The highest BCUT2D eigenvalue weighted by atomic mass is 16.2. The van der Waals surface area contributed by atoms with Crippen LogP contribution in [0.2, 0.25) is 0 Å². The SMILES string of the molecule is CC(C)NC(=O)CN(C)CC(=O)N[C@@H]1CCCc2[nH]c(=O)ccc21. The lowest BCUT2D eigenvalue weighted by Crippen LogP contribution is -2.43. The maximum Gasteiger partial charge on any atom is 0.248 e. The first-order chi connectivity index (χ1) is 11.3. The summed E-state index contributed by atoms with van der Waals surface area (Å²) in [6.45, 7) is 4.13. The summed E-state index contributed by atoms with van der Waals surface area (Å²) >= 11 is 0. The van der Waals surface area contributed by atoms with Crippen LogP contribution in [0.5, 0.6) is 0 Å². The maximum absolute atomic E-state index is 12.2. The van der Waals surface area contributed by atoms with Gasteiger partial charge in [-0.25, -0.2) is 0 Å². The molecule has 0 aromatic carbocycles. The predicted octanol–water partition coefficient (Wildman–Crippen LogP) is 0.325. The van der Waals surface area contributed by atoms with Gasteiger partial charge in [-0.1, -0.05) is 0 Å². The normalized spacial score (nSPS) is 16.8. The molecule has 1 aliphatic rings. The monoisotopic (exact) mass is 334 g/mol. The van der Waals surface area contributed by atoms with E-state index in [0.29, 0.717) is 0 Å². The Morgan fingerprint density at radius 3 is 2.71 bits per heavy atom. The van der Waals surface area contributed by atoms with Gasteiger partial charge in [0.25, 0.3) is 0 Å². The highest BCUT2D eigenvalue weighted by molar-refractivity contribution is 5.81. The lowest BCUT2D eigenvalue weighted by molar-refractivity contribution is -0.125. The summed E-state index contributed by atoms with van der Waals surface area (Å²) < 4.78 is 0. The summed E-state index contributed by atoms with van der Waals surface area (Å²) in [6.07, 6.45) is 2.60. The number of aromatic amines is 1. The zero-order valence-electron chi connectivity index (χ0n) is 14.5. The number of fused-ring (bicyclic) bond motifs is 1. The van der Waals surface area contributed by atoms with E-state index in [9.17, 15) is 14.4 Å². The second kappa shape index (κ2) is 8.10. The number of carbonyl (C=O) groups excluding carboxylic acids is 2. The molecule has 0 spiro atoms. The Bertz CT molecular complexity index is 653. The smallest absolute Gasteiger partial charge is 0.248 e. The van der Waals surface area contributed by atoms with Crippen molar-refractivity contribution in [1.82, 2.24) is 20.5 Å². The molecule has 2 amide bonds. The standard InChI is InChI=1S/C17H26N4O3/c1-11(2)18-16(23)9-21(3)10-17(24)20-14-6-4-5-13-12(14)7-8-15(22)19-13/h7-8,11,14H,4-6,9-10H2,1-3H3,(H,18,23)(H,19,22)(H,20,24)/t14-/m1/s1. The van der Waals surface area contributed by atoms with Crippen LogP contribution in [0.4, 0.5) is 0 Å².